The zero-order valence-corrected chi connectivity index (χ0v) is 8.32. The fourth-order valence-corrected chi connectivity index (χ4v) is 0.924. The van der Waals surface area contributed by atoms with E-state index in [1.165, 1.54) is 0 Å². The molecule has 6 heteroatoms. The van der Waals surface area contributed by atoms with Gasteiger partial charge in [-0.25, -0.2) is 0 Å². The number of aliphatic hydroxyl groups excluding tert-OH is 1. The first-order chi connectivity index (χ1) is 6.27. The van der Waals surface area contributed by atoms with Crippen LogP contribution in [0.25, 0.3) is 0 Å². The Balaban J connectivity index is 3.54. The molecule has 3 nitrogen and oxygen atoms in total. The van der Waals surface area contributed by atoms with Gasteiger partial charge in [-0.3, -0.25) is 4.74 Å². The maximum absolute atomic E-state index is 11.5. The predicted molar refractivity (Wildman–Crippen MR) is 45.8 cm³/mol. The Kier molecular flexibility index (Phi) is 5.40. The van der Waals surface area contributed by atoms with Gasteiger partial charge in [-0.1, -0.05) is 0 Å². The SMILES string of the molecule is CC(C)(CCO)NCCOC(F)(F)F. The van der Waals surface area contributed by atoms with Crippen LogP contribution in [0.3, 0.4) is 0 Å². The maximum Gasteiger partial charge on any atom is 0.522 e. The zero-order valence-electron chi connectivity index (χ0n) is 8.32. The average molecular weight is 215 g/mol. The van der Waals surface area contributed by atoms with Crippen LogP contribution in [0.2, 0.25) is 0 Å². The smallest absolute Gasteiger partial charge is 0.396 e. The molecule has 0 radical (unpaired) electrons. The Labute approximate surface area is 81.2 Å². The molecule has 86 valence electrons. The van der Waals surface area contributed by atoms with Crippen LogP contribution in [-0.2, 0) is 4.74 Å². The molecule has 0 aromatic carbocycles. The van der Waals surface area contributed by atoms with Crippen molar-refractivity contribution in [3.8, 4) is 0 Å². The van der Waals surface area contributed by atoms with Crippen molar-refractivity contribution in [2.45, 2.75) is 32.2 Å². The van der Waals surface area contributed by atoms with Gasteiger partial charge in [0.15, 0.2) is 0 Å². The van der Waals surface area contributed by atoms with E-state index in [-0.39, 0.29) is 18.7 Å². The first-order valence-electron chi connectivity index (χ1n) is 4.33. The van der Waals surface area contributed by atoms with Crippen LogP contribution in [0, 0.1) is 0 Å². The highest BCUT2D eigenvalue weighted by Gasteiger charge is 2.28. The third kappa shape index (κ3) is 8.28. The van der Waals surface area contributed by atoms with E-state index in [1.807, 2.05) is 0 Å². The van der Waals surface area contributed by atoms with E-state index in [4.69, 9.17) is 5.11 Å². The maximum atomic E-state index is 11.5. The summed E-state index contributed by atoms with van der Waals surface area (Å²) in [4.78, 5) is 0. The van der Waals surface area contributed by atoms with Gasteiger partial charge in [0.05, 0.1) is 6.61 Å². The second kappa shape index (κ2) is 5.53. The molecule has 0 aromatic heterocycles. The van der Waals surface area contributed by atoms with E-state index in [9.17, 15) is 13.2 Å². The van der Waals surface area contributed by atoms with Crippen molar-refractivity contribution < 1.29 is 23.0 Å². The van der Waals surface area contributed by atoms with Crippen LogP contribution in [0.15, 0.2) is 0 Å². The minimum Gasteiger partial charge on any atom is -0.396 e. The number of hydrogen-bond donors (Lipinski definition) is 2. The van der Waals surface area contributed by atoms with Crippen molar-refractivity contribution in [3.05, 3.63) is 0 Å². The van der Waals surface area contributed by atoms with Crippen molar-refractivity contribution in [1.29, 1.82) is 0 Å². The summed E-state index contributed by atoms with van der Waals surface area (Å²) in [6.07, 6.45) is -4.08. The lowest BCUT2D eigenvalue weighted by atomic mass is 10.0. The van der Waals surface area contributed by atoms with E-state index >= 15 is 0 Å². The Morgan fingerprint density at radius 2 is 1.86 bits per heavy atom. The molecule has 0 rings (SSSR count). The number of aliphatic hydroxyl groups is 1. The highest BCUT2D eigenvalue weighted by Crippen LogP contribution is 2.15. The van der Waals surface area contributed by atoms with Gasteiger partial charge in [-0.2, -0.15) is 0 Å². The third-order valence-electron chi connectivity index (χ3n) is 1.71. The first kappa shape index (κ1) is 13.7. The summed E-state index contributed by atoms with van der Waals surface area (Å²) in [6, 6.07) is 0. The van der Waals surface area contributed by atoms with Gasteiger partial charge in [-0.15, -0.1) is 13.2 Å². The standard InChI is InChI=1S/C8H16F3NO2/c1-7(2,3-5-13)12-4-6-14-8(9,10)11/h12-13H,3-6H2,1-2H3. The molecule has 0 aliphatic rings. The summed E-state index contributed by atoms with van der Waals surface area (Å²) in [5.41, 5.74) is -0.371. The molecule has 0 saturated heterocycles. The molecule has 0 saturated carbocycles. The van der Waals surface area contributed by atoms with E-state index in [0.29, 0.717) is 6.42 Å². The van der Waals surface area contributed by atoms with Crippen molar-refractivity contribution in [2.24, 2.45) is 0 Å². The predicted octanol–water partition coefficient (Wildman–Crippen LogP) is 1.27. The summed E-state index contributed by atoms with van der Waals surface area (Å²) in [5, 5.41) is 11.5. The van der Waals surface area contributed by atoms with Gasteiger partial charge in [0.1, 0.15) is 0 Å². The molecule has 0 unspecified atom stereocenters. The molecule has 0 bridgehead atoms. The lowest BCUT2D eigenvalue weighted by molar-refractivity contribution is -0.323. The minimum absolute atomic E-state index is 0.000127. The second-order valence-corrected chi connectivity index (χ2v) is 3.58. The van der Waals surface area contributed by atoms with E-state index in [0.717, 1.165) is 0 Å². The van der Waals surface area contributed by atoms with Crippen LogP contribution in [0.5, 0.6) is 0 Å². The van der Waals surface area contributed by atoms with Crippen molar-refractivity contribution in [2.75, 3.05) is 19.8 Å². The molecule has 0 aliphatic carbocycles. The topological polar surface area (TPSA) is 41.5 Å². The van der Waals surface area contributed by atoms with Gasteiger partial charge in [0.25, 0.3) is 0 Å². The second-order valence-electron chi connectivity index (χ2n) is 3.58. The van der Waals surface area contributed by atoms with E-state index in [1.54, 1.807) is 13.8 Å². The van der Waals surface area contributed by atoms with Crippen molar-refractivity contribution in [3.63, 3.8) is 0 Å². The van der Waals surface area contributed by atoms with Crippen molar-refractivity contribution in [1.82, 2.24) is 5.32 Å². The molecule has 0 spiro atoms. The lowest BCUT2D eigenvalue weighted by Crippen LogP contribution is -2.42. The normalized spacial score (nSPS) is 13.3. The monoisotopic (exact) mass is 215 g/mol. The molecule has 0 heterocycles. The fraction of sp³-hybridized carbons (Fsp3) is 1.00. The molecule has 0 aliphatic heterocycles. The molecule has 0 fully saturated rings. The number of rotatable bonds is 6. The van der Waals surface area contributed by atoms with Crippen LogP contribution in [-0.4, -0.2) is 36.8 Å². The highest BCUT2D eigenvalue weighted by atomic mass is 19.4. The van der Waals surface area contributed by atoms with Crippen LogP contribution >= 0.6 is 0 Å². The quantitative estimate of drug-likeness (QED) is 0.656. The number of hydrogen-bond acceptors (Lipinski definition) is 3. The number of ether oxygens (including phenoxy) is 1. The molecule has 0 atom stereocenters. The van der Waals surface area contributed by atoms with E-state index < -0.39 is 13.0 Å². The summed E-state index contributed by atoms with van der Waals surface area (Å²) < 4.78 is 38.2. The third-order valence-corrected chi connectivity index (χ3v) is 1.71. The lowest BCUT2D eigenvalue weighted by Gasteiger charge is -2.25. The van der Waals surface area contributed by atoms with Gasteiger partial charge in [-0.05, 0) is 20.3 Å². The molecule has 0 aromatic rings. The van der Waals surface area contributed by atoms with Gasteiger partial charge >= 0.3 is 6.36 Å². The summed E-state index contributed by atoms with van der Waals surface area (Å²) >= 11 is 0. The molecule has 2 N–H and O–H groups in total. The summed E-state index contributed by atoms with van der Waals surface area (Å²) in [6.45, 7) is 3.29. The summed E-state index contributed by atoms with van der Waals surface area (Å²) in [7, 11) is 0. The largest absolute Gasteiger partial charge is 0.522 e. The fourth-order valence-electron chi connectivity index (χ4n) is 0.924. The minimum atomic E-state index is -4.57. The van der Waals surface area contributed by atoms with Crippen LogP contribution < -0.4 is 5.32 Å². The van der Waals surface area contributed by atoms with Gasteiger partial charge in [0.2, 0.25) is 0 Å². The van der Waals surface area contributed by atoms with E-state index in [2.05, 4.69) is 10.1 Å². The van der Waals surface area contributed by atoms with Crippen molar-refractivity contribution >= 4 is 0 Å². The number of nitrogens with one attached hydrogen (secondary N) is 1. The molecular weight excluding hydrogens is 199 g/mol. The van der Waals surface area contributed by atoms with Gasteiger partial charge < -0.3 is 10.4 Å². The zero-order chi connectivity index (χ0) is 11.2. The number of halogens is 3. The highest BCUT2D eigenvalue weighted by molar-refractivity contribution is 4.76. The van der Waals surface area contributed by atoms with Gasteiger partial charge in [0, 0.05) is 18.7 Å². The Hall–Kier alpha value is -0.330. The first-order valence-corrected chi connectivity index (χ1v) is 4.33. The Bertz CT molecular complexity index is 159. The molecular formula is C8H16F3NO2. The molecule has 0 amide bonds. The number of alkyl halides is 3. The van der Waals surface area contributed by atoms with Crippen LogP contribution in [0.1, 0.15) is 20.3 Å². The Morgan fingerprint density at radius 3 is 2.29 bits per heavy atom. The molecule has 14 heavy (non-hydrogen) atoms. The van der Waals surface area contributed by atoms with Crippen LogP contribution in [0.4, 0.5) is 13.2 Å². The average Bonchev–Trinajstić information content (AvgIpc) is 1.96. The Morgan fingerprint density at radius 1 is 1.29 bits per heavy atom. The summed E-state index contributed by atoms with van der Waals surface area (Å²) in [5.74, 6) is 0.